The molecule has 2 aromatic carbocycles. The molecule has 0 aliphatic carbocycles. The molecule has 1 aliphatic heterocycles. The Bertz CT molecular complexity index is 794. The van der Waals surface area contributed by atoms with Gasteiger partial charge in [0.05, 0.1) is 6.61 Å². The third-order valence-corrected chi connectivity index (χ3v) is 5.52. The molecule has 2 aromatic rings. The molecule has 3 nitrogen and oxygen atoms in total. The van der Waals surface area contributed by atoms with E-state index in [2.05, 4.69) is 26.6 Å². The van der Waals surface area contributed by atoms with Crippen LogP contribution < -0.4 is 15.4 Å². The molecule has 6 heteroatoms. The lowest BCUT2D eigenvalue weighted by Crippen LogP contribution is -2.47. The molecule has 0 spiro atoms. The van der Waals surface area contributed by atoms with Gasteiger partial charge in [-0.3, -0.25) is 0 Å². The molecule has 1 saturated heterocycles. The van der Waals surface area contributed by atoms with Crippen molar-refractivity contribution in [3.8, 4) is 5.75 Å². The van der Waals surface area contributed by atoms with Crippen molar-refractivity contribution in [2.45, 2.75) is 6.42 Å². The predicted octanol–water partition coefficient (Wildman–Crippen LogP) is 5.50. The monoisotopic (exact) mass is 468 g/mol. The lowest BCUT2D eigenvalue weighted by molar-refractivity contribution is 0.296. The minimum atomic E-state index is 0.665. The fourth-order valence-corrected chi connectivity index (χ4v) is 3.82. The summed E-state index contributed by atoms with van der Waals surface area (Å²) in [6, 6.07) is 11.5. The summed E-state index contributed by atoms with van der Waals surface area (Å²) >= 11 is 15.8. The minimum absolute atomic E-state index is 0.665. The molecule has 1 aliphatic rings. The first-order chi connectivity index (χ1) is 13.1. The van der Waals surface area contributed by atoms with Crippen LogP contribution in [0.2, 0.25) is 10.0 Å². The van der Waals surface area contributed by atoms with E-state index < -0.39 is 0 Å². The van der Waals surface area contributed by atoms with Gasteiger partial charge in [0.1, 0.15) is 5.75 Å². The average molecular weight is 470 g/mol. The van der Waals surface area contributed by atoms with E-state index in [-0.39, 0.29) is 0 Å². The minimum Gasteiger partial charge on any atom is -0.493 e. The summed E-state index contributed by atoms with van der Waals surface area (Å²) in [4.78, 5) is 0. The molecule has 3 rings (SSSR count). The number of ether oxygens (including phenoxy) is 1. The van der Waals surface area contributed by atoms with Crippen LogP contribution in [0, 0.1) is 5.92 Å². The van der Waals surface area contributed by atoms with Gasteiger partial charge >= 0.3 is 0 Å². The van der Waals surface area contributed by atoms with Crippen LogP contribution >= 0.6 is 39.1 Å². The first kappa shape index (κ1) is 20.7. The molecule has 0 saturated carbocycles. The smallest absolute Gasteiger partial charge is 0.121 e. The molecule has 0 bridgehead atoms. The van der Waals surface area contributed by atoms with Gasteiger partial charge in [0.2, 0.25) is 0 Å². The normalized spacial score (nSPS) is 14.5. The first-order valence-corrected chi connectivity index (χ1v) is 10.6. The zero-order valence-electron chi connectivity index (χ0n) is 15.0. The predicted molar refractivity (Wildman–Crippen MR) is 119 cm³/mol. The summed E-state index contributed by atoms with van der Waals surface area (Å²) in [5.74, 6) is 1.58. The Labute approximate surface area is 179 Å². The highest BCUT2D eigenvalue weighted by atomic mass is 79.9. The van der Waals surface area contributed by atoms with Gasteiger partial charge in [0.25, 0.3) is 0 Å². The van der Waals surface area contributed by atoms with Crippen LogP contribution in [0.3, 0.4) is 0 Å². The van der Waals surface area contributed by atoms with Gasteiger partial charge in [0, 0.05) is 34.2 Å². The fraction of sp³-hybridized carbons (Fsp3) is 0.333. The Balaban J connectivity index is 1.50. The highest BCUT2D eigenvalue weighted by Crippen LogP contribution is 2.26. The molecule has 0 amide bonds. The number of rotatable bonds is 9. The second-order valence-electron chi connectivity index (χ2n) is 6.65. The lowest BCUT2D eigenvalue weighted by atomic mass is 10.0. The summed E-state index contributed by atoms with van der Waals surface area (Å²) in [5.41, 5.74) is 2.05. The molecule has 0 atom stereocenters. The van der Waals surface area contributed by atoms with Gasteiger partial charge in [-0.1, -0.05) is 57.4 Å². The Morgan fingerprint density at radius 3 is 2.70 bits per heavy atom. The fourth-order valence-electron chi connectivity index (χ4n) is 2.77. The quantitative estimate of drug-likeness (QED) is 0.375. The van der Waals surface area contributed by atoms with Gasteiger partial charge in [-0.25, -0.2) is 0 Å². The zero-order chi connectivity index (χ0) is 19.1. The van der Waals surface area contributed by atoms with Crippen LogP contribution in [0.4, 0.5) is 0 Å². The number of hydrogen-bond donors (Lipinski definition) is 2. The van der Waals surface area contributed by atoms with E-state index >= 15 is 0 Å². The van der Waals surface area contributed by atoms with E-state index in [1.807, 2.05) is 48.6 Å². The van der Waals surface area contributed by atoms with Crippen molar-refractivity contribution < 1.29 is 4.74 Å². The highest BCUT2D eigenvalue weighted by molar-refractivity contribution is 9.10. The molecule has 144 valence electrons. The van der Waals surface area contributed by atoms with Crippen LogP contribution in [0.5, 0.6) is 5.75 Å². The van der Waals surface area contributed by atoms with E-state index in [0.717, 1.165) is 59.9 Å². The Kier molecular flexibility index (Phi) is 8.04. The highest BCUT2D eigenvalue weighted by Gasteiger charge is 2.15. The van der Waals surface area contributed by atoms with Crippen LogP contribution in [0.1, 0.15) is 17.5 Å². The van der Waals surface area contributed by atoms with E-state index in [0.29, 0.717) is 16.7 Å². The molecule has 1 fully saturated rings. The van der Waals surface area contributed by atoms with Crippen LogP contribution in [0.15, 0.2) is 40.9 Å². The van der Waals surface area contributed by atoms with Crippen LogP contribution in [-0.4, -0.2) is 32.8 Å². The number of halogens is 3. The summed E-state index contributed by atoms with van der Waals surface area (Å²) in [7, 11) is 0. The maximum atomic E-state index is 6.24. The van der Waals surface area contributed by atoms with Crippen molar-refractivity contribution in [3.05, 3.63) is 62.0 Å². The van der Waals surface area contributed by atoms with E-state index in [4.69, 9.17) is 27.9 Å². The summed E-state index contributed by atoms with van der Waals surface area (Å²) in [6.07, 6.45) is 5.01. The molecule has 27 heavy (non-hydrogen) atoms. The largest absolute Gasteiger partial charge is 0.493 e. The average Bonchev–Trinajstić information content (AvgIpc) is 2.58. The summed E-state index contributed by atoms with van der Waals surface area (Å²) < 4.78 is 6.82. The molecule has 1 heterocycles. The number of benzene rings is 2. The van der Waals surface area contributed by atoms with Gasteiger partial charge < -0.3 is 15.4 Å². The van der Waals surface area contributed by atoms with Crippen molar-refractivity contribution in [2.75, 3.05) is 32.8 Å². The Morgan fingerprint density at radius 1 is 1.11 bits per heavy atom. The topological polar surface area (TPSA) is 33.3 Å². The zero-order valence-corrected chi connectivity index (χ0v) is 18.1. The van der Waals surface area contributed by atoms with Crippen molar-refractivity contribution >= 4 is 51.3 Å². The third-order valence-electron chi connectivity index (χ3n) is 4.38. The number of nitrogens with one attached hydrogen (secondary N) is 2. The molecule has 0 aromatic heterocycles. The SMILES string of the molecule is Clc1cc(/C=C/c2ccc(Cl)cc2Br)cc(OCCCNCC2CNC2)c1. The lowest BCUT2D eigenvalue weighted by Gasteiger charge is -2.27. The van der Waals surface area contributed by atoms with Gasteiger partial charge in [-0.15, -0.1) is 0 Å². The molecule has 0 unspecified atom stereocenters. The van der Waals surface area contributed by atoms with E-state index in [1.54, 1.807) is 0 Å². The first-order valence-electron chi connectivity index (χ1n) is 9.08. The maximum Gasteiger partial charge on any atom is 0.121 e. The maximum absolute atomic E-state index is 6.24. The molecule has 2 N–H and O–H groups in total. The van der Waals surface area contributed by atoms with Crippen LogP contribution in [-0.2, 0) is 0 Å². The second-order valence-corrected chi connectivity index (χ2v) is 8.38. The molecular weight excluding hydrogens is 447 g/mol. The van der Waals surface area contributed by atoms with Crippen molar-refractivity contribution in [1.29, 1.82) is 0 Å². The van der Waals surface area contributed by atoms with Gasteiger partial charge in [-0.2, -0.15) is 0 Å². The van der Waals surface area contributed by atoms with Crippen molar-refractivity contribution in [2.24, 2.45) is 5.92 Å². The third kappa shape index (κ3) is 6.81. The Hall–Kier alpha value is -1.04. The molecule has 0 radical (unpaired) electrons. The van der Waals surface area contributed by atoms with E-state index in [9.17, 15) is 0 Å². The summed E-state index contributed by atoms with van der Waals surface area (Å²) in [5, 5.41) is 8.12. The van der Waals surface area contributed by atoms with Crippen molar-refractivity contribution in [1.82, 2.24) is 10.6 Å². The number of hydrogen-bond acceptors (Lipinski definition) is 3. The van der Waals surface area contributed by atoms with E-state index in [1.165, 1.54) is 0 Å². The van der Waals surface area contributed by atoms with Crippen molar-refractivity contribution in [3.63, 3.8) is 0 Å². The van der Waals surface area contributed by atoms with Gasteiger partial charge in [0.15, 0.2) is 0 Å². The Morgan fingerprint density at radius 2 is 1.96 bits per heavy atom. The summed E-state index contributed by atoms with van der Waals surface area (Å²) in [6.45, 7) is 4.99. The molecular formula is C21H23BrCl2N2O. The van der Waals surface area contributed by atoms with Gasteiger partial charge in [-0.05, 0) is 60.3 Å². The standard InChI is InChI=1S/C21H23BrCl2N2O/c22-21-11-18(23)5-4-17(21)3-2-15-8-19(24)10-20(9-15)27-7-1-6-25-12-16-13-26-14-16/h2-5,8-11,16,25-26H,1,6-7,12-14H2/b3-2+. The van der Waals surface area contributed by atoms with Crippen LogP contribution in [0.25, 0.3) is 12.2 Å². The second kappa shape index (κ2) is 10.5.